The summed E-state index contributed by atoms with van der Waals surface area (Å²) in [6.07, 6.45) is 8.51. The molecular weight excluding hydrogens is 224 g/mol. The third kappa shape index (κ3) is 4.22. The molecule has 2 unspecified atom stereocenters. The van der Waals surface area contributed by atoms with Gasteiger partial charge in [-0.25, -0.2) is 0 Å². The van der Waals surface area contributed by atoms with E-state index < -0.39 is 0 Å². The molecule has 2 rings (SSSR count). The molecule has 1 saturated heterocycles. The number of piperazine rings is 1. The van der Waals surface area contributed by atoms with Crippen LogP contribution in [-0.2, 0) is 4.74 Å². The normalized spacial score (nSPS) is 31.7. The summed E-state index contributed by atoms with van der Waals surface area (Å²) >= 11 is 0. The highest BCUT2D eigenvalue weighted by atomic mass is 16.5. The predicted molar refractivity (Wildman–Crippen MR) is 75.9 cm³/mol. The van der Waals surface area contributed by atoms with Crippen molar-refractivity contribution in [3.63, 3.8) is 0 Å². The molecule has 0 bridgehead atoms. The van der Waals surface area contributed by atoms with E-state index in [4.69, 9.17) is 4.74 Å². The number of ether oxygens (including phenoxy) is 1. The first-order valence-corrected chi connectivity index (χ1v) is 7.88. The van der Waals surface area contributed by atoms with Crippen LogP contribution in [0.3, 0.4) is 0 Å². The van der Waals surface area contributed by atoms with Gasteiger partial charge >= 0.3 is 0 Å². The van der Waals surface area contributed by atoms with Gasteiger partial charge in [0.2, 0.25) is 0 Å². The molecule has 1 aliphatic carbocycles. The van der Waals surface area contributed by atoms with Gasteiger partial charge in [-0.05, 0) is 26.2 Å². The van der Waals surface area contributed by atoms with Crippen LogP contribution >= 0.6 is 0 Å². The Kier molecular flexibility index (Phi) is 5.93. The molecule has 2 aliphatic rings. The van der Waals surface area contributed by atoms with Gasteiger partial charge in [0.05, 0.1) is 12.7 Å². The standard InChI is InChI=1S/C15H30N2O/c1-3-14-11-16-13(2)12-17(14)9-10-18-15-7-5-4-6-8-15/h13-16H,3-12H2,1-2H3. The minimum Gasteiger partial charge on any atom is -0.377 e. The topological polar surface area (TPSA) is 24.5 Å². The number of hydrogen-bond donors (Lipinski definition) is 1. The van der Waals surface area contributed by atoms with Crippen LogP contribution in [-0.4, -0.2) is 49.3 Å². The summed E-state index contributed by atoms with van der Waals surface area (Å²) in [7, 11) is 0. The molecule has 1 heterocycles. The van der Waals surface area contributed by atoms with Gasteiger partial charge in [-0.15, -0.1) is 0 Å². The number of nitrogens with one attached hydrogen (secondary N) is 1. The van der Waals surface area contributed by atoms with Crippen molar-refractivity contribution in [1.82, 2.24) is 10.2 Å². The fraction of sp³-hybridized carbons (Fsp3) is 1.00. The van der Waals surface area contributed by atoms with Crippen LogP contribution in [0.2, 0.25) is 0 Å². The Balaban J connectivity index is 1.67. The minimum absolute atomic E-state index is 0.555. The zero-order valence-electron chi connectivity index (χ0n) is 12.2. The molecule has 1 saturated carbocycles. The molecule has 106 valence electrons. The second-order valence-corrected chi connectivity index (χ2v) is 6.00. The Morgan fingerprint density at radius 2 is 2.00 bits per heavy atom. The summed E-state index contributed by atoms with van der Waals surface area (Å²) in [5.74, 6) is 0. The van der Waals surface area contributed by atoms with Crippen LogP contribution < -0.4 is 5.32 Å². The zero-order chi connectivity index (χ0) is 12.8. The SMILES string of the molecule is CCC1CNC(C)CN1CCOC1CCCCC1. The maximum Gasteiger partial charge on any atom is 0.0597 e. The van der Waals surface area contributed by atoms with Crippen molar-refractivity contribution in [2.45, 2.75) is 70.6 Å². The first kappa shape index (κ1) is 14.3. The highest BCUT2D eigenvalue weighted by molar-refractivity contribution is 4.83. The molecule has 2 fully saturated rings. The molecular formula is C15H30N2O. The van der Waals surface area contributed by atoms with E-state index in [2.05, 4.69) is 24.1 Å². The third-order valence-electron chi connectivity index (χ3n) is 4.48. The molecule has 0 spiro atoms. The van der Waals surface area contributed by atoms with Crippen molar-refractivity contribution >= 4 is 0 Å². The first-order chi connectivity index (χ1) is 8.79. The quantitative estimate of drug-likeness (QED) is 0.815. The smallest absolute Gasteiger partial charge is 0.0597 e. The number of rotatable bonds is 5. The lowest BCUT2D eigenvalue weighted by atomic mass is 9.98. The van der Waals surface area contributed by atoms with Crippen LogP contribution in [0.5, 0.6) is 0 Å². The molecule has 1 N–H and O–H groups in total. The van der Waals surface area contributed by atoms with E-state index >= 15 is 0 Å². The lowest BCUT2D eigenvalue weighted by Gasteiger charge is -2.39. The number of hydrogen-bond acceptors (Lipinski definition) is 3. The molecule has 1 aliphatic heterocycles. The van der Waals surface area contributed by atoms with Crippen molar-refractivity contribution in [2.75, 3.05) is 26.2 Å². The monoisotopic (exact) mass is 254 g/mol. The zero-order valence-corrected chi connectivity index (χ0v) is 12.2. The second-order valence-electron chi connectivity index (χ2n) is 6.00. The Morgan fingerprint density at radius 3 is 2.72 bits per heavy atom. The van der Waals surface area contributed by atoms with Gasteiger partial charge in [-0.1, -0.05) is 26.2 Å². The molecule has 18 heavy (non-hydrogen) atoms. The van der Waals surface area contributed by atoms with E-state index in [0.717, 1.165) is 19.7 Å². The number of nitrogens with zero attached hydrogens (tertiary/aromatic N) is 1. The maximum atomic E-state index is 6.05. The van der Waals surface area contributed by atoms with Crippen molar-refractivity contribution in [1.29, 1.82) is 0 Å². The second kappa shape index (κ2) is 7.46. The molecule has 0 aromatic carbocycles. The Hall–Kier alpha value is -0.120. The maximum absolute atomic E-state index is 6.05. The summed E-state index contributed by atoms with van der Waals surface area (Å²) in [4.78, 5) is 2.62. The summed E-state index contributed by atoms with van der Waals surface area (Å²) in [6, 6.07) is 1.33. The van der Waals surface area contributed by atoms with Crippen LogP contribution in [0.25, 0.3) is 0 Å². The van der Waals surface area contributed by atoms with Crippen molar-refractivity contribution in [3.05, 3.63) is 0 Å². The van der Waals surface area contributed by atoms with Gasteiger partial charge in [0.25, 0.3) is 0 Å². The highest BCUT2D eigenvalue weighted by Crippen LogP contribution is 2.20. The molecule has 0 amide bonds. The highest BCUT2D eigenvalue weighted by Gasteiger charge is 2.24. The summed E-state index contributed by atoms with van der Waals surface area (Å²) in [5, 5.41) is 3.57. The Morgan fingerprint density at radius 1 is 1.22 bits per heavy atom. The predicted octanol–water partition coefficient (Wildman–Crippen LogP) is 2.41. The van der Waals surface area contributed by atoms with Crippen LogP contribution in [0.4, 0.5) is 0 Å². The first-order valence-electron chi connectivity index (χ1n) is 7.88. The van der Waals surface area contributed by atoms with Crippen LogP contribution in [0, 0.1) is 0 Å². The third-order valence-corrected chi connectivity index (χ3v) is 4.48. The van der Waals surface area contributed by atoms with E-state index in [9.17, 15) is 0 Å². The minimum atomic E-state index is 0.555. The summed E-state index contributed by atoms with van der Waals surface area (Å²) < 4.78 is 6.05. The molecule has 3 heteroatoms. The molecule has 3 nitrogen and oxygen atoms in total. The van der Waals surface area contributed by atoms with E-state index in [-0.39, 0.29) is 0 Å². The summed E-state index contributed by atoms with van der Waals surface area (Å²) in [6.45, 7) is 8.92. The fourth-order valence-electron chi connectivity index (χ4n) is 3.28. The average Bonchev–Trinajstić information content (AvgIpc) is 2.40. The van der Waals surface area contributed by atoms with Crippen LogP contribution in [0.15, 0.2) is 0 Å². The van der Waals surface area contributed by atoms with Crippen molar-refractivity contribution in [2.24, 2.45) is 0 Å². The molecule has 0 aromatic heterocycles. The van der Waals surface area contributed by atoms with E-state index in [0.29, 0.717) is 18.2 Å². The lowest BCUT2D eigenvalue weighted by Crippen LogP contribution is -2.55. The lowest BCUT2D eigenvalue weighted by molar-refractivity contribution is 0.00409. The van der Waals surface area contributed by atoms with Gasteiger partial charge < -0.3 is 10.1 Å². The van der Waals surface area contributed by atoms with Crippen molar-refractivity contribution in [3.8, 4) is 0 Å². The Labute approximate surface area is 112 Å². The largest absolute Gasteiger partial charge is 0.377 e. The van der Waals surface area contributed by atoms with Gasteiger partial charge in [-0.3, -0.25) is 4.90 Å². The van der Waals surface area contributed by atoms with Crippen LogP contribution in [0.1, 0.15) is 52.4 Å². The Bertz CT molecular complexity index is 229. The molecule has 2 atom stereocenters. The van der Waals surface area contributed by atoms with Gasteiger partial charge in [0.1, 0.15) is 0 Å². The van der Waals surface area contributed by atoms with Gasteiger partial charge in [0, 0.05) is 31.7 Å². The van der Waals surface area contributed by atoms with E-state index in [1.807, 2.05) is 0 Å². The molecule has 0 aromatic rings. The van der Waals surface area contributed by atoms with Crippen molar-refractivity contribution < 1.29 is 4.74 Å². The van der Waals surface area contributed by atoms with E-state index in [1.54, 1.807) is 0 Å². The van der Waals surface area contributed by atoms with Gasteiger partial charge in [0.15, 0.2) is 0 Å². The fourth-order valence-corrected chi connectivity index (χ4v) is 3.28. The van der Waals surface area contributed by atoms with Gasteiger partial charge in [-0.2, -0.15) is 0 Å². The average molecular weight is 254 g/mol. The molecule has 0 radical (unpaired) electrons. The van der Waals surface area contributed by atoms with E-state index in [1.165, 1.54) is 45.1 Å². The summed E-state index contributed by atoms with van der Waals surface area (Å²) in [5.41, 5.74) is 0.